The minimum absolute atomic E-state index is 0.0147. The third kappa shape index (κ3) is 3.60. The standard InChI is InChI=1S/C57H32O2/c58-54(33-25-27-40-39-17-5-9-21-46(39)56(50(40)31-33)44-19-7-1-13-35(44)36-14-2-8-20-45(36)56)34-26-28-43-51(32-34)57(47-22-10-3-15-37(47)38-16-4-11-23-48(38)57)49-30-29-42-41-18-6-12-24-52(41)59-55(42)53(43)49/h1-32H. The van der Waals surface area contributed by atoms with Crippen LogP contribution >= 0.6 is 0 Å². The van der Waals surface area contributed by atoms with E-state index in [1.165, 1.54) is 66.8 Å². The first kappa shape index (κ1) is 31.5. The number of carbonyl (C=O) groups excluding carboxylic acids is 1. The maximum Gasteiger partial charge on any atom is 0.193 e. The Labute approximate surface area is 340 Å². The van der Waals surface area contributed by atoms with Gasteiger partial charge in [-0.1, -0.05) is 176 Å². The van der Waals surface area contributed by atoms with Crippen molar-refractivity contribution >= 4 is 27.7 Å². The summed E-state index contributed by atoms with van der Waals surface area (Å²) in [5.74, 6) is 0.0147. The van der Waals surface area contributed by atoms with Crippen LogP contribution in [0.2, 0.25) is 0 Å². The molecule has 4 aliphatic carbocycles. The molecule has 1 heterocycles. The second kappa shape index (κ2) is 10.9. The number of ketones is 1. The highest BCUT2D eigenvalue weighted by molar-refractivity contribution is 6.15. The number of carbonyl (C=O) groups is 1. The summed E-state index contributed by atoms with van der Waals surface area (Å²) < 4.78 is 6.78. The molecule has 0 saturated heterocycles. The third-order valence-electron chi connectivity index (χ3n) is 14.1. The van der Waals surface area contributed by atoms with Crippen LogP contribution in [-0.4, -0.2) is 5.78 Å². The van der Waals surface area contributed by atoms with Gasteiger partial charge < -0.3 is 4.42 Å². The molecular formula is C57H32O2. The van der Waals surface area contributed by atoms with E-state index < -0.39 is 10.8 Å². The molecule has 59 heavy (non-hydrogen) atoms. The molecule has 0 bridgehead atoms. The van der Waals surface area contributed by atoms with Gasteiger partial charge in [-0.3, -0.25) is 4.79 Å². The highest BCUT2D eigenvalue weighted by Gasteiger charge is 2.54. The number of fused-ring (bicyclic) bond motifs is 24. The molecule has 2 spiro atoms. The molecule has 272 valence electrons. The number of hydrogen-bond acceptors (Lipinski definition) is 2. The molecule has 1 aromatic heterocycles. The average molecular weight is 749 g/mol. The van der Waals surface area contributed by atoms with E-state index in [4.69, 9.17) is 4.42 Å². The van der Waals surface area contributed by atoms with Gasteiger partial charge in [0.2, 0.25) is 0 Å². The highest BCUT2D eigenvalue weighted by atomic mass is 16.3. The molecule has 0 N–H and O–H groups in total. The van der Waals surface area contributed by atoms with Crippen LogP contribution in [0.3, 0.4) is 0 Å². The Hall–Kier alpha value is -7.55. The monoisotopic (exact) mass is 748 g/mol. The lowest BCUT2D eigenvalue weighted by molar-refractivity contribution is 0.103. The van der Waals surface area contributed by atoms with E-state index in [0.717, 1.165) is 44.2 Å². The van der Waals surface area contributed by atoms with Crippen LogP contribution < -0.4 is 0 Å². The SMILES string of the molecule is O=C(c1ccc2c(c1)C1(c3ccccc3-c3ccccc31)c1ccccc1-2)c1ccc2c(c1)C1(c3ccccc3-c3ccccc31)c1ccc3c(oc4ccccc43)c1-2. The van der Waals surface area contributed by atoms with Crippen LogP contribution in [0.5, 0.6) is 0 Å². The van der Waals surface area contributed by atoms with Gasteiger partial charge in [-0.25, -0.2) is 0 Å². The predicted molar refractivity (Wildman–Crippen MR) is 236 cm³/mol. The van der Waals surface area contributed by atoms with Crippen molar-refractivity contribution < 1.29 is 9.21 Å². The van der Waals surface area contributed by atoms with Crippen molar-refractivity contribution in [1.82, 2.24) is 0 Å². The van der Waals surface area contributed by atoms with Crippen LogP contribution in [0, 0.1) is 0 Å². The molecule has 14 rings (SSSR count). The summed E-state index contributed by atoms with van der Waals surface area (Å²) >= 11 is 0. The zero-order chi connectivity index (χ0) is 38.6. The quantitative estimate of drug-likeness (QED) is 0.165. The van der Waals surface area contributed by atoms with Crippen molar-refractivity contribution in [3.63, 3.8) is 0 Å². The second-order valence-corrected chi connectivity index (χ2v) is 16.5. The smallest absolute Gasteiger partial charge is 0.193 e. The first-order valence-corrected chi connectivity index (χ1v) is 20.5. The number of benzene rings is 9. The van der Waals surface area contributed by atoms with E-state index in [9.17, 15) is 0 Å². The van der Waals surface area contributed by atoms with Gasteiger partial charge in [0, 0.05) is 27.5 Å². The molecule has 0 amide bonds. The Morgan fingerprint density at radius 3 is 1.27 bits per heavy atom. The van der Waals surface area contributed by atoms with Crippen molar-refractivity contribution in [3.8, 4) is 44.5 Å². The molecule has 9 aromatic carbocycles. The Balaban J connectivity index is 1.01. The van der Waals surface area contributed by atoms with Crippen molar-refractivity contribution in [2.45, 2.75) is 10.8 Å². The van der Waals surface area contributed by atoms with Crippen molar-refractivity contribution in [2.24, 2.45) is 0 Å². The second-order valence-electron chi connectivity index (χ2n) is 16.5. The van der Waals surface area contributed by atoms with Crippen LogP contribution in [0.15, 0.2) is 199 Å². The summed E-state index contributed by atoms with van der Waals surface area (Å²) in [6.45, 7) is 0. The summed E-state index contributed by atoms with van der Waals surface area (Å²) in [5.41, 5.74) is 21.3. The number of para-hydroxylation sites is 1. The average Bonchev–Trinajstić information content (AvgIpc) is 4.07. The molecule has 0 unspecified atom stereocenters. The largest absolute Gasteiger partial charge is 0.455 e. The van der Waals surface area contributed by atoms with Crippen molar-refractivity contribution in [3.05, 3.63) is 250 Å². The molecule has 0 saturated carbocycles. The minimum atomic E-state index is -0.623. The maximum absolute atomic E-state index is 15.3. The Bertz CT molecular complexity index is 3430. The van der Waals surface area contributed by atoms with Gasteiger partial charge in [0.25, 0.3) is 0 Å². The lowest BCUT2D eigenvalue weighted by Crippen LogP contribution is -2.26. The van der Waals surface area contributed by atoms with Gasteiger partial charge in [0.15, 0.2) is 5.78 Å². The summed E-state index contributed by atoms with van der Waals surface area (Å²) in [6, 6.07) is 69.7. The molecule has 0 radical (unpaired) electrons. The molecule has 2 heteroatoms. The van der Waals surface area contributed by atoms with Crippen molar-refractivity contribution in [2.75, 3.05) is 0 Å². The normalized spacial score (nSPS) is 14.8. The Kier molecular flexibility index (Phi) is 5.82. The van der Waals surface area contributed by atoms with Gasteiger partial charge in [-0.05, 0) is 102 Å². The minimum Gasteiger partial charge on any atom is -0.455 e. The van der Waals surface area contributed by atoms with Crippen molar-refractivity contribution in [1.29, 1.82) is 0 Å². The van der Waals surface area contributed by atoms with Crippen LogP contribution in [0.25, 0.3) is 66.4 Å². The molecule has 10 aromatic rings. The Morgan fingerprint density at radius 1 is 0.339 bits per heavy atom. The maximum atomic E-state index is 15.3. The predicted octanol–water partition coefficient (Wildman–Crippen LogP) is 13.5. The molecule has 0 aliphatic heterocycles. The van der Waals surface area contributed by atoms with Gasteiger partial charge in [-0.15, -0.1) is 0 Å². The number of rotatable bonds is 2. The molecular weight excluding hydrogens is 717 g/mol. The van der Waals surface area contributed by atoms with E-state index in [-0.39, 0.29) is 5.78 Å². The molecule has 0 fully saturated rings. The number of furan rings is 1. The lowest BCUT2D eigenvalue weighted by Gasteiger charge is -2.31. The lowest BCUT2D eigenvalue weighted by atomic mass is 9.70. The molecule has 2 nitrogen and oxygen atoms in total. The van der Waals surface area contributed by atoms with Crippen LogP contribution in [-0.2, 0) is 10.8 Å². The number of hydrogen-bond donors (Lipinski definition) is 0. The van der Waals surface area contributed by atoms with Gasteiger partial charge in [0.05, 0.1) is 10.8 Å². The van der Waals surface area contributed by atoms with Crippen LogP contribution in [0.4, 0.5) is 0 Å². The topological polar surface area (TPSA) is 30.2 Å². The summed E-state index contributed by atoms with van der Waals surface area (Å²) in [7, 11) is 0. The Morgan fingerprint density at radius 2 is 0.746 bits per heavy atom. The van der Waals surface area contributed by atoms with Gasteiger partial charge in [-0.2, -0.15) is 0 Å². The zero-order valence-corrected chi connectivity index (χ0v) is 31.8. The van der Waals surface area contributed by atoms with Gasteiger partial charge in [0.1, 0.15) is 11.2 Å². The highest BCUT2D eigenvalue weighted by Crippen LogP contribution is 2.65. The third-order valence-corrected chi connectivity index (χ3v) is 14.1. The fourth-order valence-corrected chi connectivity index (χ4v) is 11.9. The van der Waals surface area contributed by atoms with Crippen LogP contribution in [0.1, 0.15) is 60.4 Å². The summed E-state index contributed by atoms with van der Waals surface area (Å²) in [4.78, 5) is 15.3. The fraction of sp³-hybridized carbons (Fsp3) is 0.0351. The summed E-state index contributed by atoms with van der Waals surface area (Å²) in [5, 5.41) is 2.21. The zero-order valence-electron chi connectivity index (χ0n) is 31.8. The van der Waals surface area contributed by atoms with E-state index in [1.807, 2.05) is 18.2 Å². The molecule has 4 aliphatic rings. The van der Waals surface area contributed by atoms with E-state index in [1.54, 1.807) is 0 Å². The fourth-order valence-electron chi connectivity index (χ4n) is 11.9. The van der Waals surface area contributed by atoms with E-state index in [2.05, 4.69) is 176 Å². The molecule has 0 atom stereocenters. The first-order valence-electron chi connectivity index (χ1n) is 20.5. The first-order chi connectivity index (χ1) is 29.2. The van der Waals surface area contributed by atoms with E-state index >= 15 is 4.79 Å². The van der Waals surface area contributed by atoms with Gasteiger partial charge >= 0.3 is 0 Å². The van der Waals surface area contributed by atoms with E-state index in [0.29, 0.717) is 11.1 Å². The summed E-state index contributed by atoms with van der Waals surface area (Å²) in [6.07, 6.45) is 0.